The Kier molecular flexibility index (Phi) is 10.5. The van der Waals surface area contributed by atoms with Crippen molar-refractivity contribution in [1.29, 1.82) is 0 Å². The maximum Gasteiger partial charge on any atom is 0.410 e. The van der Waals surface area contributed by atoms with E-state index in [-0.39, 0.29) is 41.0 Å². The number of ether oxygens (including phenoxy) is 3. The molecule has 0 aromatic rings. The normalized spacial score (nSPS) is 33.1. The Balaban J connectivity index is 1.74. The van der Waals surface area contributed by atoms with Crippen molar-refractivity contribution in [2.24, 2.45) is 17.3 Å². The van der Waals surface area contributed by atoms with Crippen molar-refractivity contribution in [2.45, 2.75) is 114 Å². The third-order valence-corrected chi connectivity index (χ3v) is 15.7. The van der Waals surface area contributed by atoms with Crippen molar-refractivity contribution in [1.82, 2.24) is 9.80 Å². The molecule has 4 rings (SSSR count). The van der Waals surface area contributed by atoms with Gasteiger partial charge in [0.05, 0.1) is 13.2 Å². The number of amides is 1. The number of hydrogen-bond donors (Lipinski definition) is 0. The van der Waals surface area contributed by atoms with Crippen LogP contribution in [0.1, 0.15) is 78.6 Å². The Morgan fingerprint density at radius 3 is 2.54 bits per heavy atom. The Morgan fingerprint density at radius 1 is 1.12 bits per heavy atom. The molecule has 8 heteroatoms. The number of cyclic esters (lactones) is 1. The lowest BCUT2D eigenvalue weighted by molar-refractivity contribution is -0.176. The number of allylic oxidation sites excluding steroid dienone is 2. The van der Waals surface area contributed by atoms with E-state index in [2.05, 4.69) is 56.8 Å². The lowest BCUT2D eigenvalue weighted by atomic mass is 9.51. The number of rotatable bonds is 17. The van der Waals surface area contributed by atoms with Gasteiger partial charge in [0.2, 0.25) is 0 Å². The topological polar surface area (TPSA) is 60.5 Å². The first-order valence-electron chi connectivity index (χ1n) is 16.1. The molecule has 4 bridgehead atoms. The molecule has 4 aliphatic rings. The van der Waals surface area contributed by atoms with E-state index in [1.165, 1.54) is 12.8 Å². The molecule has 1 aliphatic carbocycles. The van der Waals surface area contributed by atoms with Gasteiger partial charge >= 0.3 is 6.09 Å². The maximum absolute atomic E-state index is 13.7. The summed E-state index contributed by atoms with van der Waals surface area (Å²) < 4.78 is 24.9. The van der Waals surface area contributed by atoms with Crippen LogP contribution in [0.3, 0.4) is 0 Å². The van der Waals surface area contributed by atoms with Crippen LogP contribution in [-0.2, 0) is 18.6 Å². The monoisotopic (exact) mass is 590 g/mol. The van der Waals surface area contributed by atoms with Crippen molar-refractivity contribution in [2.75, 3.05) is 46.8 Å². The van der Waals surface area contributed by atoms with Crippen LogP contribution in [0.4, 0.5) is 4.79 Å². The summed E-state index contributed by atoms with van der Waals surface area (Å²) in [7, 11) is -0.348. The maximum atomic E-state index is 13.7. The van der Waals surface area contributed by atoms with Gasteiger partial charge in [0.25, 0.3) is 0 Å². The smallest absolute Gasteiger partial charge is 0.410 e. The van der Waals surface area contributed by atoms with Crippen LogP contribution in [0.2, 0.25) is 18.1 Å². The summed E-state index contributed by atoms with van der Waals surface area (Å²) in [5, 5.41) is 0.0908. The molecule has 1 amide bonds. The van der Waals surface area contributed by atoms with E-state index in [0.717, 1.165) is 64.6 Å². The van der Waals surface area contributed by atoms with Crippen LogP contribution in [0.25, 0.3) is 0 Å². The van der Waals surface area contributed by atoms with Gasteiger partial charge in [-0.2, -0.15) is 0 Å². The second-order valence-corrected chi connectivity index (χ2v) is 19.5. The van der Waals surface area contributed by atoms with Crippen LogP contribution in [0.5, 0.6) is 0 Å². The fourth-order valence-corrected chi connectivity index (χ4v) is 9.53. The number of likely N-dealkylation sites (tertiary alicyclic amines) is 1. The standard InChI is InChI=1S/C33H58N2O5Si/c1-9-11-13-14-16-19-34-20-17-27-26-21-32(18-15-12-10-2,24-38-25-37-6)29(34)33(27)28(40-30(36)35(33)22-26)23-39-41(7,8)31(3,4)5/h9-10,26-29H,1-2,11-25H2,3-8H3/t26-,27+,28+,29-,32-,33+/m0/s1. The summed E-state index contributed by atoms with van der Waals surface area (Å²) in [6, 6.07) is 0.160. The van der Waals surface area contributed by atoms with Crippen molar-refractivity contribution in [3.05, 3.63) is 25.3 Å². The third kappa shape index (κ3) is 6.10. The molecule has 3 heterocycles. The van der Waals surface area contributed by atoms with E-state index in [0.29, 0.717) is 25.0 Å². The van der Waals surface area contributed by atoms with E-state index in [4.69, 9.17) is 18.6 Å². The van der Waals surface area contributed by atoms with Gasteiger partial charge < -0.3 is 18.6 Å². The van der Waals surface area contributed by atoms with Crippen LogP contribution in [-0.4, -0.2) is 88.6 Å². The molecular weight excluding hydrogens is 532 g/mol. The van der Waals surface area contributed by atoms with Gasteiger partial charge in [0, 0.05) is 25.1 Å². The molecule has 3 saturated heterocycles. The average Bonchev–Trinajstić information content (AvgIpc) is 3.31. The minimum atomic E-state index is -2.04. The molecule has 0 aromatic heterocycles. The number of piperidine rings is 1. The highest BCUT2D eigenvalue weighted by molar-refractivity contribution is 6.74. The van der Waals surface area contributed by atoms with E-state index in [1.807, 2.05) is 12.2 Å². The number of nitrogens with zero attached hydrogens (tertiary/aromatic N) is 2. The zero-order chi connectivity index (χ0) is 29.9. The molecule has 6 atom stereocenters. The SMILES string of the molecule is C=CCCCCCN1CC[C@@H]2[C@@H]3CN4C(=O)O[C@H](CO[Si](C)(C)C(C)(C)C)[C@@]24[C@@H]1[C@](CCCC=C)(COCOC)C3. The van der Waals surface area contributed by atoms with E-state index >= 15 is 0 Å². The number of unbranched alkanes of at least 4 members (excludes halogenated alkanes) is 4. The highest BCUT2D eigenvalue weighted by atomic mass is 28.4. The fraction of sp³-hybridized carbons (Fsp3) is 0.848. The quantitative estimate of drug-likeness (QED) is 0.0787. The van der Waals surface area contributed by atoms with E-state index in [9.17, 15) is 4.79 Å². The Morgan fingerprint density at radius 2 is 1.85 bits per heavy atom. The van der Waals surface area contributed by atoms with Crippen LogP contribution in [0, 0.1) is 17.3 Å². The molecule has 0 N–H and O–H groups in total. The number of hydrogen-bond acceptors (Lipinski definition) is 6. The van der Waals surface area contributed by atoms with Crippen molar-refractivity contribution >= 4 is 14.4 Å². The van der Waals surface area contributed by atoms with Gasteiger partial charge in [-0.25, -0.2) is 4.79 Å². The summed E-state index contributed by atoms with van der Waals surface area (Å²) in [5.74, 6) is 0.887. The van der Waals surface area contributed by atoms with Gasteiger partial charge in [0.1, 0.15) is 12.3 Å². The van der Waals surface area contributed by atoms with E-state index < -0.39 is 8.32 Å². The zero-order valence-electron chi connectivity index (χ0n) is 26.9. The lowest BCUT2D eigenvalue weighted by Crippen LogP contribution is -2.76. The van der Waals surface area contributed by atoms with Gasteiger partial charge in [-0.1, -0.05) is 39.3 Å². The first-order chi connectivity index (χ1) is 19.5. The number of carbonyl (C=O) groups is 1. The molecule has 1 spiro atoms. The Bertz CT molecular complexity index is 922. The molecule has 0 aromatic carbocycles. The van der Waals surface area contributed by atoms with Crippen LogP contribution in [0.15, 0.2) is 25.3 Å². The summed E-state index contributed by atoms with van der Waals surface area (Å²) in [6.07, 6.45) is 13.5. The van der Waals surface area contributed by atoms with Crippen molar-refractivity contribution < 1.29 is 23.4 Å². The van der Waals surface area contributed by atoms with Crippen molar-refractivity contribution in [3.8, 4) is 0 Å². The molecule has 234 valence electrons. The summed E-state index contributed by atoms with van der Waals surface area (Å²) >= 11 is 0. The fourth-order valence-electron chi connectivity index (χ4n) is 8.53. The first-order valence-corrected chi connectivity index (χ1v) is 19.0. The Labute approximate surface area is 251 Å². The summed E-state index contributed by atoms with van der Waals surface area (Å²) in [5.41, 5.74) is -0.478. The minimum Gasteiger partial charge on any atom is -0.441 e. The lowest BCUT2D eigenvalue weighted by Gasteiger charge is -2.63. The highest BCUT2D eigenvalue weighted by Crippen LogP contribution is 2.65. The second-order valence-electron chi connectivity index (χ2n) is 14.7. The average molecular weight is 591 g/mol. The summed E-state index contributed by atoms with van der Waals surface area (Å²) in [4.78, 5) is 18.6. The molecule has 4 fully saturated rings. The summed E-state index contributed by atoms with van der Waals surface area (Å²) in [6.45, 7) is 23.6. The molecule has 41 heavy (non-hydrogen) atoms. The van der Waals surface area contributed by atoms with Gasteiger partial charge in [-0.15, -0.1) is 13.2 Å². The molecule has 3 aliphatic heterocycles. The predicted molar refractivity (Wildman–Crippen MR) is 167 cm³/mol. The molecule has 0 unspecified atom stereocenters. The minimum absolute atomic E-state index is 0.0908. The number of carbonyl (C=O) groups excluding carboxylic acids is 1. The second kappa shape index (κ2) is 13.2. The van der Waals surface area contributed by atoms with Gasteiger partial charge in [0.15, 0.2) is 14.4 Å². The molecular formula is C33H58N2O5Si. The van der Waals surface area contributed by atoms with E-state index in [1.54, 1.807) is 7.11 Å². The van der Waals surface area contributed by atoms with Crippen LogP contribution >= 0.6 is 0 Å². The molecule has 0 radical (unpaired) electrons. The van der Waals surface area contributed by atoms with Crippen molar-refractivity contribution in [3.63, 3.8) is 0 Å². The zero-order valence-corrected chi connectivity index (χ0v) is 27.9. The van der Waals surface area contributed by atoms with Crippen LogP contribution < -0.4 is 0 Å². The largest absolute Gasteiger partial charge is 0.441 e. The third-order valence-electron chi connectivity index (χ3n) is 11.2. The Hall–Kier alpha value is -1.19. The first kappa shape index (κ1) is 32.7. The molecule has 7 nitrogen and oxygen atoms in total. The number of methoxy groups -OCH3 is 1. The van der Waals surface area contributed by atoms with Gasteiger partial charge in [-0.05, 0) is 94.4 Å². The van der Waals surface area contributed by atoms with Gasteiger partial charge in [-0.3, -0.25) is 9.80 Å². The molecule has 1 saturated carbocycles. The highest BCUT2D eigenvalue weighted by Gasteiger charge is 2.77. The predicted octanol–water partition coefficient (Wildman–Crippen LogP) is 7.00.